The van der Waals surface area contributed by atoms with E-state index in [0.717, 1.165) is 38.3 Å². The molecule has 1 amide bonds. The molecule has 0 spiro atoms. The van der Waals surface area contributed by atoms with Gasteiger partial charge in [0.1, 0.15) is 0 Å². The van der Waals surface area contributed by atoms with Gasteiger partial charge in [-0.3, -0.25) is 14.4 Å². The van der Waals surface area contributed by atoms with E-state index in [1.165, 1.54) is 11.1 Å². The Balaban J connectivity index is 1.79. The summed E-state index contributed by atoms with van der Waals surface area (Å²) in [6.45, 7) is 9.86. The average molecular weight is 340 g/mol. The monoisotopic (exact) mass is 340 g/mol. The first kappa shape index (κ1) is 17.7. The number of primary amides is 1. The molecule has 1 aliphatic rings. The largest absolute Gasteiger partial charge is 0.369 e. The molecule has 1 aromatic carbocycles. The van der Waals surface area contributed by atoms with Crippen LogP contribution in [0.25, 0.3) is 0 Å². The van der Waals surface area contributed by atoms with Crippen LogP contribution in [0.5, 0.6) is 0 Å². The summed E-state index contributed by atoms with van der Waals surface area (Å²) in [6.07, 6.45) is 3.02. The molecule has 25 heavy (non-hydrogen) atoms. The van der Waals surface area contributed by atoms with Crippen molar-refractivity contribution in [3.8, 4) is 0 Å². The summed E-state index contributed by atoms with van der Waals surface area (Å²) >= 11 is 0. The standard InChI is InChI=1S/C20H28N4O/c1-20(2,3)18-17(13-23-10-9-16(12-23)19(21)25)14-24(22-18)11-15-7-5-4-6-8-15/h4-8,14,16H,9-13H2,1-3H3,(H2,21,25). The maximum absolute atomic E-state index is 11.4. The first-order valence-corrected chi connectivity index (χ1v) is 8.95. The lowest BCUT2D eigenvalue weighted by Crippen LogP contribution is -2.27. The van der Waals surface area contributed by atoms with E-state index in [4.69, 9.17) is 10.8 Å². The lowest BCUT2D eigenvalue weighted by Gasteiger charge is -2.20. The number of carbonyl (C=O) groups is 1. The van der Waals surface area contributed by atoms with Gasteiger partial charge >= 0.3 is 0 Å². The van der Waals surface area contributed by atoms with Gasteiger partial charge in [0.25, 0.3) is 0 Å². The van der Waals surface area contributed by atoms with E-state index in [1.54, 1.807) is 0 Å². The van der Waals surface area contributed by atoms with Crippen LogP contribution in [0.4, 0.5) is 0 Å². The summed E-state index contributed by atoms with van der Waals surface area (Å²) in [7, 11) is 0. The minimum Gasteiger partial charge on any atom is -0.369 e. The van der Waals surface area contributed by atoms with E-state index < -0.39 is 0 Å². The van der Waals surface area contributed by atoms with Gasteiger partial charge in [0, 0.05) is 30.3 Å². The van der Waals surface area contributed by atoms with Gasteiger partial charge in [-0.15, -0.1) is 0 Å². The molecule has 1 unspecified atom stereocenters. The Kier molecular flexibility index (Phi) is 4.95. The van der Waals surface area contributed by atoms with Gasteiger partial charge < -0.3 is 5.73 Å². The van der Waals surface area contributed by atoms with E-state index in [0.29, 0.717) is 0 Å². The topological polar surface area (TPSA) is 64.2 Å². The Labute approximate surface area is 149 Å². The highest BCUT2D eigenvalue weighted by Gasteiger charge is 2.29. The van der Waals surface area contributed by atoms with Gasteiger partial charge in [0.2, 0.25) is 5.91 Å². The van der Waals surface area contributed by atoms with Crippen molar-refractivity contribution in [2.45, 2.75) is 45.7 Å². The number of benzene rings is 1. The fourth-order valence-corrected chi connectivity index (χ4v) is 3.51. The van der Waals surface area contributed by atoms with Gasteiger partial charge in [-0.05, 0) is 18.5 Å². The molecule has 0 aliphatic carbocycles. The normalized spacial score (nSPS) is 18.6. The molecule has 0 saturated carbocycles. The number of rotatable bonds is 5. The number of nitrogens with two attached hydrogens (primary N) is 1. The van der Waals surface area contributed by atoms with Crippen molar-refractivity contribution in [3.63, 3.8) is 0 Å². The third-order valence-corrected chi connectivity index (χ3v) is 4.80. The van der Waals surface area contributed by atoms with Crippen molar-refractivity contribution in [3.05, 3.63) is 53.3 Å². The molecule has 2 heterocycles. The fraction of sp³-hybridized carbons (Fsp3) is 0.500. The summed E-state index contributed by atoms with van der Waals surface area (Å²) in [5, 5.41) is 4.87. The van der Waals surface area contributed by atoms with Gasteiger partial charge in [-0.2, -0.15) is 5.10 Å². The molecule has 1 saturated heterocycles. The number of aromatic nitrogens is 2. The van der Waals surface area contributed by atoms with Crippen molar-refractivity contribution in [2.24, 2.45) is 11.7 Å². The van der Waals surface area contributed by atoms with Crippen LogP contribution in [0.15, 0.2) is 36.5 Å². The van der Waals surface area contributed by atoms with E-state index >= 15 is 0 Å². The Morgan fingerprint density at radius 1 is 1.24 bits per heavy atom. The van der Waals surface area contributed by atoms with Crippen LogP contribution in [-0.4, -0.2) is 33.7 Å². The van der Waals surface area contributed by atoms with Crippen LogP contribution in [0.3, 0.4) is 0 Å². The summed E-state index contributed by atoms with van der Waals surface area (Å²) in [6, 6.07) is 10.4. The van der Waals surface area contributed by atoms with Crippen molar-refractivity contribution in [2.75, 3.05) is 13.1 Å². The molecule has 1 fully saturated rings. The number of hydrogen-bond acceptors (Lipinski definition) is 3. The van der Waals surface area contributed by atoms with E-state index in [1.807, 2.05) is 10.7 Å². The summed E-state index contributed by atoms with van der Waals surface area (Å²) in [5.41, 5.74) is 9.06. The van der Waals surface area contributed by atoms with Crippen LogP contribution in [0, 0.1) is 5.92 Å². The predicted octanol–water partition coefficient (Wildman–Crippen LogP) is 2.54. The van der Waals surface area contributed by atoms with Crippen molar-refractivity contribution < 1.29 is 4.79 Å². The third-order valence-electron chi connectivity index (χ3n) is 4.80. The Morgan fingerprint density at radius 2 is 1.96 bits per heavy atom. The van der Waals surface area contributed by atoms with Crippen molar-refractivity contribution >= 4 is 5.91 Å². The number of hydrogen-bond donors (Lipinski definition) is 1. The minimum absolute atomic E-state index is 0.0138. The zero-order chi connectivity index (χ0) is 18.0. The number of carbonyl (C=O) groups excluding carboxylic acids is 1. The molecule has 0 radical (unpaired) electrons. The molecule has 5 nitrogen and oxygen atoms in total. The van der Waals surface area contributed by atoms with Gasteiger partial charge in [0.15, 0.2) is 0 Å². The lowest BCUT2D eigenvalue weighted by atomic mass is 9.89. The molecule has 1 atom stereocenters. The summed E-state index contributed by atoms with van der Waals surface area (Å²) in [5.74, 6) is -0.198. The molecular formula is C20H28N4O. The molecule has 2 aromatic rings. The molecule has 134 valence electrons. The summed E-state index contributed by atoms with van der Waals surface area (Å²) in [4.78, 5) is 13.7. The highest BCUT2D eigenvalue weighted by atomic mass is 16.1. The number of amides is 1. The van der Waals surface area contributed by atoms with Crippen LogP contribution in [0.2, 0.25) is 0 Å². The molecular weight excluding hydrogens is 312 g/mol. The van der Waals surface area contributed by atoms with E-state index in [2.05, 4.69) is 56.1 Å². The Bertz CT molecular complexity index is 730. The molecule has 1 aromatic heterocycles. The Morgan fingerprint density at radius 3 is 2.56 bits per heavy atom. The highest BCUT2D eigenvalue weighted by molar-refractivity contribution is 5.77. The molecule has 5 heteroatoms. The third kappa shape index (κ3) is 4.28. The van der Waals surface area contributed by atoms with E-state index in [9.17, 15) is 4.79 Å². The minimum atomic E-state index is -0.182. The van der Waals surface area contributed by atoms with Crippen LogP contribution in [0.1, 0.15) is 44.0 Å². The van der Waals surface area contributed by atoms with Crippen molar-refractivity contribution in [1.29, 1.82) is 0 Å². The van der Waals surface area contributed by atoms with Crippen LogP contribution in [-0.2, 0) is 23.3 Å². The molecule has 1 aliphatic heterocycles. The van der Waals surface area contributed by atoms with Gasteiger partial charge in [-0.1, -0.05) is 51.1 Å². The zero-order valence-electron chi connectivity index (χ0n) is 15.4. The van der Waals surface area contributed by atoms with Gasteiger partial charge in [-0.25, -0.2) is 0 Å². The fourth-order valence-electron chi connectivity index (χ4n) is 3.51. The van der Waals surface area contributed by atoms with Crippen LogP contribution >= 0.6 is 0 Å². The van der Waals surface area contributed by atoms with Crippen LogP contribution < -0.4 is 5.73 Å². The Hall–Kier alpha value is -2.14. The maximum atomic E-state index is 11.4. The average Bonchev–Trinajstić information content (AvgIpc) is 3.15. The SMILES string of the molecule is CC(C)(C)c1nn(Cc2ccccc2)cc1CN1CCC(C(N)=O)C1. The highest BCUT2D eigenvalue weighted by Crippen LogP contribution is 2.27. The van der Waals surface area contributed by atoms with Crippen molar-refractivity contribution in [1.82, 2.24) is 14.7 Å². The maximum Gasteiger partial charge on any atom is 0.221 e. The molecule has 2 N–H and O–H groups in total. The molecule has 0 bridgehead atoms. The first-order valence-electron chi connectivity index (χ1n) is 8.95. The lowest BCUT2D eigenvalue weighted by molar-refractivity contribution is -0.121. The number of nitrogens with zero attached hydrogens (tertiary/aromatic N) is 3. The smallest absolute Gasteiger partial charge is 0.221 e. The first-order chi connectivity index (χ1) is 11.8. The second kappa shape index (κ2) is 7.00. The van der Waals surface area contributed by atoms with Gasteiger partial charge in [0.05, 0.1) is 18.2 Å². The second-order valence-corrected chi connectivity index (χ2v) is 8.06. The van der Waals surface area contributed by atoms with E-state index in [-0.39, 0.29) is 17.2 Å². The molecule has 3 rings (SSSR count). The number of likely N-dealkylation sites (tertiary alicyclic amines) is 1. The zero-order valence-corrected chi connectivity index (χ0v) is 15.4. The quantitative estimate of drug-likeness (QED) is 0.910. The second-order valence-electron chi connectivity index (χ2n) is 8.06. The predicted molar refractivity (Wildman–Crippen MR) is 99.0 cm³/mol. The summed E-state index contributed by atoms with van der Waals surface area (Å²) < 4.78 is 2.03.